The molecule has 0 saturated carbocycles. The van der Waals surface area contributed by atoms with Crippen LogP contribution < -0.4 is 0 Å². The van der Waals surface area contributed by atoms with E-state index >= 15 is 0 Å². The third-order valence-corrected chi connectivity index (χ3v) is 21.6. The highest BCUT2D eigenvalue weighted by Crippen LogP contribution is 2.48. The van der Waals surface area contributed by atoms with Gasteiger partial charge in [0.05, 0.1) is 55.5 Å². The molecule has 0 radical (unpaired) electrons. The molecule has 0 atom stereocenters. The summed E-state index contributed by atoms with van der Waals surface area (Å²) in [6.07, 6.45) is 0. The highest BCUT2D eigenvalue weighted by Gasteiger charge is 2.26. The lowest BCUT2D eigenvalue weighted by Crippen LogP contribution is -1.96. The average Bonchev–Trinajstić information content (AvgIpc) is 1.57. The van der Waals surface area contributed by atoms with Crippen molar-refractivity contribution in [2.45, 2.75) is 0 Å². The molecule has 0 saturated heterocycles. The highest BCUT2D eigenvalue weighted by molar-refractivity contribution is 6.21. The summed E-state index contributed by atoms with van der Waals surface area (Å²) in [6, 6.07) is 128. The number of hydrogen-bond acceptors (Lipinski definition) is 2. The van der Waals surface area contributed by atoms with Crippen LogP contribution >= 0.6 is 0 Å². The summed E-state index contributed by atoms with van der Waals surface area (Å²) in [5.74, 6) is 0. The molecule has 0 spiro atoms. The largest absolute Gasteiger partial charge is 0.454 e. The Bertz CT molecular complexity index is 7220. The lowest BCUT2D eigenvalue weighted by atomic mass is 9.95. The van der Waals surface area contributed by atoms with Gasteiger partial charge in [-0.25, -0.2) is 0 Å². The third kappa shape index (κ3) is 8.29. The number of nitrogens with zero attached hydrogens (tertiary/aromatic N) is 4. The van der Waals surface area contributed by atoms with E-state index in [1.165, 1.54) is 59.7 Å². The van der Waals surface area contributed by atoms with Crippen molar-refractivity contribution in [2.24, 2.45) is 0 Å². The van der Waals surface area contributed by atoms with Crippen molar-refractivity contribution >= 4 is 131 Å². The van der Waals surface area contributed by atoms with Crippen LogP contribution in [0.4, 0.5) is 0 Å². The zero-order chi connectivity index (χ0) is 66.7. The van der Waals surface area contributed by atoms with E-state index in [2.05, 4.69) is 370 Å². The van der Waals surface area contributed by atoms with Crippen molar-refractivity contribution < 1.29 is 8.83 Å². The van der Waals surface area contributed by atoms with Gasteiger partial charge in [0, 0.05) is 76.0 Å². The minimum atomic E-state index is 0.846. The topological polar surface area (TPSA) is 46.0 Å². The first-order valence-electron chi connectivity index (χ1n) is 35.0. The Labute approximate surface area is 584 Å². The Morgan fingerprint density at radius 3 is 1.03 bits per heavy atom. The number of rotatable bonds is 9. The van der Waals surface area contributed by atoms with Crippen molar-refractivity contribution in [3.63, 3.8) is 0 Å². The smallest absolute Gasteiger partial charge is 0.160 e. The van der Waals surface area contributed by atoms with Crippen molar-refractivity contribution in [2.75, 3.05) is 0 Å². The summed E-state index contributed by atoms with van der Waals surface area (Å²) in [7, 11) is 0. The van der Waals surface area contributed by atoms with Gasteiger partial charge < -0.3 is 27.1 Å². The lowest BCUT2D eigenvalue weighted by Gasteiger charge is -2.13. The molecule has 16 aromatic carbocycles. The predicted octanol–water partition coefficient (Wildman–Crippen LogP) is 26.2. The van der Waals surface area contributed by atoms with Gasteiger partial charge in [-0.05, 0) is 153 Å². The first-order chi connectivity index (χ1) is 50.6. The SMILES string of the molecule is c1ccc(-c2ccc(-n3c4ccccc4c4ccc(-c5cccc6c5c5ccc(-c7ccc(-c8ccc(-n9c%10ccccc%10c%10ccc(-c%11ccc%12c%13ccccc%13n(-c%13ccccc%13)c%12c%11)cc%109)c9oc%10ccccc%10c89)cc7)cc5n6-c5ccccc5)cc43)c3oc4ccccc4c23)cc1. The van der Waals surface area contributed by atoms with E-state index in [9.17, 15) is 0 Å². The molecule has 0 amide bonds. The first kappa shape index (κ1) is 56.3. The molecule has 6 nitrogen and oxygen atoms in total. The van der Waals surface area contributed by atoms with E-state index < -0.39 is 0 Å². The molecule has 22 aromatic rings. The van der Waals surface area contributed by atoms with Crippen molar-refractivity contribution in [1.82, 2.24) is 18.3 Å². The van der Waals surface area contributed by atoms with Gasteiger partial charge in [0.15, 0.2) is 11.2 Å². The molecule has 0 aliphatic carbocycles. The third-order valence-electron chi connectivity index (χ3n) is 21.6. The van der Waals surface area contributed by atoms with Crippen molar-refractivity contribution in [3.05, 3.63) is 352 Å². The molecule has 0 aliphatic heterocycles. The first-order valence-corrected chi connectivity index (χ1v) is 35.0. The van der Waals surface area contributed by atoms with Crippen molar-refractivity contribution in [1.29, 1.82) is 0 Å². The summed E-state index contributed by atoms with van der Waals surface area (Å²) in [4.78, 5) is 0. The molecule has 0 aliphatic rings. The monoisotopic (exact) mass is 1300 g/mol. The van der Waals surface area contributed by atoms with E-state index in [-0.39, 0.29) is 0 Å². The molecule has 0 bridgehead atoms. The Kier molecular flexibility index (Phi) is 12.1. The standard InChI is InChI=1S/C96H58N4O2/c1-4-21-60(22-5-1)69-51-53-85(95-93(69)78-30-13-18-37-90(78)101-95)100-82-35-17-12-29-73(82)76-49-46-65(58-88(76)100)68-32-20-36-83-92(68)77-50-45-62(55-89(77)98(83)67-25-8-3-9-26-67)59-39-41-61(42-40-59)70-52-54-84(96-94(70)79-31-14-19-38-91(79)102-96)99-81-34-16-11-28-72(81)75-48-44-64(57-87(75)99)63-43-47-74-71-27-10-15-33-80(71)97(86(74)56-63)66-23-6-2-7-24-66/h1-58H. The molecular formula is C96H58N4O2. The maximum atomic E-state index is 7.12. The van der Waals surface area contributed by atoms with Crippen LogP contribution in [0.15, 0.2) is 361 Å². The normalized spacial score (nSPS) is 12.1. The Balaban J connectivity index is 0.665. The number of para-hydroxylation sites is 7. The van der Waals surface area contributed by atoms with Gasteiger partial charge in [-0.15, -0.1) is 0 Å². The van der Waals surface area contributed by atoms with Crippen molar-refractivity contribution in [3.8, 4) is 78.4 Å². The van der Waals surface area contributed by atoms with Gasteiger partial charge in [-0.1, -0.05) is 255 Å². The number of benzene rings is 16. The molecule has 0 fully saturated rings. The Morgan fingerprint density at radius 2 is 0.510 bits per heavy atom. The second-order valence-electron chi connectivity index (χ2n) is 27.0. The molecule has 0 N–H and O–H groups in total. The molecule has 0 unspecified atom stereocenters. The molecule has 6 heterocycles. The Morgan fingerprint density at radius 1 is 0.176 bits per heavy atom. The minimum absolute atomic E-state index is 0.846. The van der Waals surface area contributed by atoms with Gasteiger partial charge >= 0.3 is 0 Å². The highest BCUT2D eigenvalue weighted by atomic mass is 16.3. The molecule has 6 aromatic heterocycles. The molecular weight excluding hydrogens is 1240 g/mol. The van der Waals surface area contributed by atoms with E-state index in [1.807, 2.05) is 0 Å². The number of aromatic nitrogens is 4. The predicted molar refractivity (Wildman–Crippen MR) is 426 cm³/mol. The van der Waals surface area contributed by atoms with Crippen LogP contribution in [0.1, 0.15) is 0 Å². The second-order valence-corrected chi connectivity index (χ2v) is 27.0. The zero-order valence-corrected chi connectivity index (χ0v) is 55.1. The van der Waals surface area contributed by atoms with E-state index in [0.717, 1.165) is 150 Å². The summed E-state index contributed by atoms with van der Waals surface area (Å²) in [6.45, 7) is 0. The number of fused-ring (bicyclic) bond motifs is 18. The van der Waals surface area contributed by atoms with Gasteiger partial charge in [0.1, 0.15) is 11.2 Å². The Hall–Kier alpha value is -13.7. The van der Waals surface area contributed by atoms with Crippen LogP contribution in [-0.2, 0) is 0 Å². The van der Waals surface area contributed by atoms with Crippen LogP contribution in [0, 0.1) is 0 Å². The van der Waals surface area contributed by atoms with Crippen LogP contribution in [-0.4, -0.2) is 18.3 Å². The van der Waals surface area contributed by atoms with E-state index in [0.29, 0.717) is 0 Å². The fraction of sp³-hybridized carbons (Fsp3) is 0. The summed E-state index contributed by atoms with van der Waals surface area (Å²) in [5.41, 5.74) is 28.2. The van der Waals surface area contributed by atoms with Gasteiger partial charge in [-0.2, -0.15) is 0 Å². The van der Waals surface area contributed by atoms with Gasteiger partial charge in [0.2, 0.25) is 0 Å². The molecule has 6 heteroatoms. The van der Waals surface area contributed by atoms with Gasteiger partial charge in [-0.3, -0.25) is 0 Å². The quantitative estimate of drug-likeness (QED) is 0.145. The average molecular weight is 1300 g/mol. The lowest BCUT2D eigenvalue weighted by molar-refractivity contribution is 0.666. The fourth-order valence-electron chi connectivity index (χ4n) is 17.1. The molecule has 474 valence electrons. The second kappa shape index (κ2) is 21.9. The number of furan rings is 2. The summed E-state index contributed by atoms with van der Waals surface area (Å²) >= 11 is 0. The van der Waals surface area contributed by atoms with Crippen LogP contribution in [0.2, 0.25) is 0 Å². The number of hydrogen-bond donors (Lipinski definition) is 0. The fourth-order valence-corrected chi connectivity index (χ4v) is 17.1. The molecule has 22 rings (SSSR count). The van der Waals surface area contributed by atoms with E-state index in [4.69, 9.17) is 8.83 Å². The maximum Gasteiger partial charge on any atom is 0.160 e. The maximum absolute atomic E-state index is 7.12. The van der Waals surface area contributed by atoms with E-state index in [1.54, 1.807) is 0 Å². The van der Waals surface area contributed by atoms with Crippen LogP contribution in [0.5, 0.6) is 0 Å². The molecule has 102 heavy (non-hydrogen) atoms. The van der Waals surface area contributed by atoms with Gasteiger partial charge in [0.25, 0.3) is 0 Å². The summed E-state index contributed by atoms with van der Waals surface area (Å²) in [5, 5.41) is 14.0. The van der Waals surface area contributed by atoms with Crippen LogP contribution in [0.25, 0.3) is 209 Å². The van der Waals surface area contributed by atoms with Crippen LogP contribution in [0.3, 0.4) is 0 Å². The minimum Gasteiger partial charge on any atom is -0.454 e. The zero-order valence-electron chi connectivity index (χ0n) is 55.1. The summed E-state index contributed by atoms with van der Waals surface area (Å²) < 4.78 is 23.8.